The van der Waals surface area contributed by atoms with Crippen molar-refractivity contribution in [1.29, 1.82) is 0 Å². The Morgan fingerprint density at radius 3 is 2.65 bits per heavy atom. The first-order chi connectivity index (χ1) is 11.2. The van der Waals surface area contributed by atoms with Gasteiger partial charge in [0.2, 0.25) is 0 Å². The van der Waals surface area contributed by atoms with E-state index in [2.05, 4.69) is 20.1 Å². The number of nitrogens with two attached hydrogens (primary N) is 1. The fourth-order valence-corrected chi connectivity index (χ4v) is 2.86. The molecule has 0 unspecified atom stereocenters. The summed E-state index contributed by atoms with van der Waals surface area (Å²) in [5, 5.41) is 7.99. The average molecular weight is 312 g/mol. The lowest BCUT2D eigenvalue weighted by molar-refractivity contribution is 0.356. The fourth-order valence-electron chi connectivity index (χ4n) is 2.86. The van der Waals surface area contributed by atoms with Crippen LogP contribution in [0.2, 0.25) is 0 Å². The van der Waals surface area contributed by atoms with Gasteiger partial charge < -0.3 is 20.2 Å². The van der Waals surface area contributed by atoms with Gasteiger partial charge in [-0.3, -0.25) is 0 Å². The molecule has 0 saturated heterocycles. The van der Waals surface area contributed by atoms with E-state index >= 15 is 0 Å². The highest BCUT2D eigenvalue weighted by Crippen LogP contribution is 2.38. The molecule has 0 radical (unpaired) electrons. The van der Waals surface area contributed by atoms with Crippen LogP contribution in [0, 0.1) is 0 Å². The number of rotatable bonds is 3. The Morgan fingerprint density at radius 1 is 1.17 bits per heavy atom. The van der Waals surface area contributed by atoms with Crippen LogP contribution < -0.4 is 20.2 Å². The molecule has 1 aliphatic heterocycles. The molecular formula is C15H16N6O2. The summed E-state index contributed by atoms with van der Waals surface area (Å²) < 4.78 is 10.8. The highest BCUT2D eigenvalue weighted by atomic mass is 16.5. The van der Waals surface area contributed by atoms with Gasteiger partial charge in [-0.25, -0.2) is 15.0 Å². The molecule has 3 aromatic rings. The van der Waals surface area contributed by atoms with Crippen LogP contribution in [0.5, 0.6) is 11.5 Å². The molecule has 4 rings (SSSR count). The molecule has 0 spiro atoms. The van der Waals surface area contributed by atoms with Crippen LogP contribution in [-0.2, 0) is 0 Å². The van der Waals surface area contributed by atoms with Gasteiger partial charge in [0.05, 0.1) is 31.7 Å². The Balaban J connectivity index is 2.02. The third-order valence-electron chi connectivity index (χ3n) is 3.95. The molecule has 2 aromatic heterocycles. The number of ether oxygens (including phenoxy) is 2. The van der Waals surface area contributed by atoms with E-state index in [0.29, 0.717) is 23.9 Å². The summed E-state index contributed by atoms with van der Waals surface area (Å²) in [6.45, 7) is 0.706. The second kappa shape index (κ2) is 5.01. The molecular weight excluding hydrogens is 296 g/mol. The Hall–Kier alpha value is -3.03. The van der Waals surface area contributed by atoms with Crippen LogP contribution in [0.15, 0.2) is 23.6 Å². The number of hydrogen-bond donors (Lipinski definition) is 2. The molecule has 0 amide bonds. The summed E-state index contributed by atoms with van der Waals surface area (Å²) in [5.41, 5.74) is 7.43. The first-order valence-corrected chi connectivity index (χ1v) is 7.20. The zero-order valence-corrected chi connectivity index (χ0v) is 12.8. The van der Waals surface area contributed by atoms with Crippen molar-refractivity contribution in [1.82, 2.24) is 15.0 Å². The zero-order valence-electron chi connectivity index (χ0n) is 12.8. The van der Waals surface area contributed by atoms with Crippen LogP contribution in [0.1, 0.15) is 6.42 Å². The zero-order chi connectivity index (χ0) is 16.0. The lowest BCUT2D eigenvalue weighted by atomic mass is 10.2. The molecule has 8 nitrogen and oxygen atoms in total. The van der Waals surface area contributed by atoms with Crippen LogP contribution >= 0.6 is 0 Å². The van der Waals surface area contributed by atoms with Crippen LogP contribution in [0.4, 0.5) is 5.82 Å². The monoisotopic (exact) mass is 312 g/mol. The van der Waals surface area contributed by atoms with Crippen molar-refractivity contribution < 1.29 is 9.47 Å². The molecule has 1 aromatic carbocycles. The maximum Gasteiger partial charge on any atom is 0.162 e. The number of aromatic amines is 1. The van der Waals surface area contributed by atoms with E-state index in [0.717, 1.165) is 34.2 Å². The third kappa shape index (κ3) is 2.02. The van der Waals surface area contributed by atoms with Crippen molar-refractivity contribution >= 4 is 33.6 Å². The lowest BCUT2D eigenvalue weighted by Crippen LogP contribution is -2.13. The van der Waals surface area contributed by atoms with Crippen LogP contribution in [0.25, 0.3) is 21.9 Å². The van der Waals surface area contributed by atoms with Gasteiger partial charge in [0.1, 0.15) is 17.8 Å². The molecule has 0 atom stereocenters. The van der Waals surface area contributed by atoms with E-state index in [1.54, 1.807) is 14.2 Å². The quantitative estimate of drug-likeness (QED) is 0.762. The number of aromatic nitrogens is 3. The third-order valence-corrected chi connectivity index (χ3v) is 3.95. The topological polar surface area (TPSA) is 102 Å². The lowest BCUT2D eigenvalue weighted by Gasteiger charge is -2.13. The van der Waals surface area contributed by atoms with Crippen molar-refractivity contribution in [2.24, 2.45) is 10.8 Å². The molecule has 0 saturated carbocycles. The molecule has 23 heavy (non-hydrogen) atoms. The standard InChI is InChI=1S/C15H16N6O2/c1-22-10-5-8-9(6-11(10)23-2)19-14-13(8)15(18-7-17-14)21-4-3-12(16)20-21/h5-7H,3-4H2,1-2H3,(H2,16,20)(H,17,18,19). The normalized spacial score (nSPS) is 14.5. The number of anilines is 1. The van der Waals surface area contributed by atoms with Gasteiger partial charge in [-0.2, -0.15) is 5.10 Å². The summed E-state index contributed by atoms with van der Waals surface area (Å²) in [7, 11) is 3.22. The van der Waals surface area contributed by atoms with Gasteiger partial charge in [-0.05, 0) is 6.07 Å². The smallest absolute Gasteiger partial charge is 0.162 e. The molecule has 0 fully saturated rings. The minimum absolute atomic E-state index is 0.607. The molecule has 118 valence electrons. The first kappa shape index (κ1) is 13.6. The predicted molar refractivity (Wildman–Crippen MR) is 88.1 cm³/mol. The summed E-state index contributed by atoms with van der Waals surface area (Å²) >= 11 is 0. The minimum atomic E-state index is 0.607. The number of benzene rings is 1. The number of hydrogen-bond acceptors (Lipinski definition) is 7. The van der Waals surface area contributed by atoms with E-state index in [1.807, 2.05) is 17.1 Å². The Bertz CT molecular complexity index is 933. The second-order valence-electron chi connectivity index (χ2n) is 5.26. The van der Waals surface area contributed by atoms with Gasteiger partial charge in [-0.1, -0.05) is 0 Å². The minimum Gasteiger partial charge on any atom is -0.493 e. The maximum atomic E-state index is 5.80. The number of methoxy groups -OCH3 is 2. The highest BCUT2D eigenvalue weighted by molar-refractivity contribution is 6.12. The molecule has 0 aliphatic carbocycles. The molecule has 3 heterocycles. The number of nitrogens with one attached hydrogen (secondary N) is 1. The van der Waals surface area contributed by atoms with Crippen LogP contribution in [0.3, 0.4) is 0 Å². The number of hydrazone groups is 1. The Kier molecular flexibility index (Phi) is 2.97. The van der Waals surface area contributed by atoms with Gasteiger partial charge in [0, 0.05) is 17.9 Å². The van der Waals surface area contributed by atoms with Crippen molar-refractivity contribution in [2.45, 2.75) is 6.42 Å². The van der Waals surface area contributed by atoms with Gasteiger partial charge in [-0.15, -0.1) is 0 Å². The van der Waals surface area contributed by atoms with Crippen molar-refractivity contribution in [3.05, 3.63) is 18.5 Å². The molecule has 3 N–H and O–H groups in total. The second-order valence-corrected chi connectivity index (χ2v) is 5.26. The van der Waals surface area contributed by atoms with Crippen LogP contribution in [-0.4, -0.2) is 41.6 Å². The van der Waals surface area contributed by atoms with Gasteiger partial charge in [0.15, 0.2) is 17.3 Å². The summed E-state index contributed by atoms with van der Waals surface area (Å²) in [4.78, 5) is 12.0. The molecule has 8 heteroatoms. The molecule has 0 bridgehead atoms. The van der Waals surface area contributed by atoms with E-state index < -0.39 is 0 Å². The maximum absolute atomic E-state index is 5.80. The number of nitrogens with zero attached hydrogens (tertiary/aromatic N) is 4. The first-order valence-electron chi connectivity index (χ1n) is 7.20. The van der Waals surface area contributed by atoms with Crippen molar-refractivity contribution in [3.8, 4) is 11.5 Å². The van der Waals surface area contributed by atoms with E-state index in [4.69, 9.17) is 15.2 Å². The van der Waals surface area contributed by atoms with Crippen molar-refractivity contribution in [3.63, 3.8) is 0 Å². The number of amidine groups is 1. The van der Waals surface area contributed by atoms with E-state index in [-0.39, 0.29) is 0 Å². The Morgan fingerprint density at radius 2 is 1.96 bits per heavy atom. The largest absolute Gasteiger partial charge is 0.493 e. The Labute approximate surface area is 131 Å². The summed E-state index contributed by atoms with van der Waals surface area (Å²) in [6, 6.07) is 3.81. The SMILES string of the molecule is COc1cc2[nH]c3ncnc(N4CCC(N)=N4)c3c2cc1OC. The van der Waals surface area contributed by atoms with Gasteiger partial charge >= 0.3 is 0 Å². The van der Waals surface area contributed by atoms with Gasteiger partial charge in [0.25, 0.3) is 0 Å². The summed E-state index contributed by atoms with van der Waals surface area (Å²) in [6.07, 6.45) is 2.25. The molecule has 1 aliphatic rings. The fraction of sp³-hybridized carbons (Fsp3) is 0.267. The number of H-pyrrole nitrogens is 1. The summed E-state index contributed by atoms with van der Waals surface area (Å²) in [5.74, 6) is 2.65. The van der Waals surface area contributed by atoms with E-state index in [9.17, 15) is 0 Å². The van der Waals surface area contributed by atoms with E-state index in [1.165, 1.54) is 6.33 Å². The number of fused-ring (bicyclic) bond motifs is 3. The van der Waals surface area contributed by atoms with Crippen molar-refractivity contribution in [2.75, 3.05) is 25.8 Å². The highest BCUT2D eigenvalue weighted by Gasteiger charge is 2.21. The average Bonchev–Trinajstić information content (AvgIpc) is 3.16. The predicted octanol–water partition coefficient (Wildman–Crippen LogP) is 1.61.